The van der Waals surface area contributed by atoms with Gasteiger partial charge < -0.3 is 0 Å². The third kappa shape index (κ3) is 1.99. The van der Waals surface area contributed by atoms with E-state index in [4.69, 9.17) is 0 Å². The van der Waals surface area contributed by atoms with Crippen molar-refractivity contribution < 1.29 is 0 Å². The largest absolute Gasteiger partial charge is 0.283 e. The molecule has 0 unspecified atom stereocenters. The molecule has 0 atom stereocenters. The highest BCUT2D eigenvalue weighted by atomic mass is 15.1. The molecule has 0 amide bonds. The molecule has 4 rings (SSSR count). The number of hydrogen-bond acceptors (Lipinski definition) is 2. The fraction of sp³-hybridized carbons (Fsp3) is 0. The van der Waals surface area contributed by atoms with Crippen molar-refractivity contribution in [2.24, 2.45) is 0 Å². The maximum atomic E-state index is 4.57. The van der Waals surface area contributed by atoms with Crippen molar-refractivity contribution in [1.29, 1.82) is 0 Å². The lowest BCUT2D eigenvalue weighted by molar-refractivity contribution is 1.07. The number of fused-ring (bicyclic) bond motifs is 1. The zero-order valence-electron chi connectivity index (χ0n) is 11.3. The molecule has 0 bridgehead atoms. The van der Waals surface area contributed by atoms with E-state index in [1.165, 1.54) is 0 Å². The van der Waals surface area contributed by atoms with E-state index in [1.807, 2.05) is 59.6 Å². The molecule has 0 N–H and O–H groups in total. The van der Waals surface area contributed by atoms with Crippen LogP contribution in [0.3, 0.4) is 0 Å². The van der Waals surface area contributed by atoms with Gasteiger partial charge in [0.15, 0.2) is 5.65 Å². The molecule has 0 saturated heterocycles. The lowest BCUT2D eigenvalue weighted by Crippen LogP contribution is -1.93. The van der Waals surface area contributed by atoms with E-state index in [2.05, 4.69) is 34.2 Å². The molecule has 2 aromatic heterocycles. The van der Waals surface area contributed by atoms with E-state index in [-0.39, 0.29) is 0 Å². The molecule has 21 heavy (non-hydrogen) atoms. The zero-order valence-corrected chi connectivity index (χ0v) is 11.3. The quantitative estimate of drug-likeness (QED) is 0.550. The summed E-state index contributed by atoms with van der Waals surface area (Å²) in [5, 5.41) is 0. The first-order valence-electron chi connectivity index (χ1n) is 6.86. The van der Waals surface area contributed by atoms with Crippen molar-refractivity contribution in [3.63, 3.8) is 0 Å². The summed E-state index contributed by atoms with van der Waals surface area (Å²) in [4.78, 5) is 9.08. The normalized spacial score (nSPS) is 10.9. The highest BCUT2D eigenvalue weighted by molar-refractivity contribution is 5.90. The molecular formula is C18H13N3. The number of pyridine rings is 1. The molecule has 0 aliphatic rings. The van der Waals surface area contributed by atoms with Crippen LogP contribution in [0.25, 0.3) is 28.0 Å². The van der Waals surface area contributed by atoms with Gasteiger partial charge in [-0.3, -0.25) is 4.57 Å². The first kappa shape index (κ1) is 11.9. The number of imidazole rings is 1. The van der Waals surface area contributed by atoms with Crippen LogP contribution < -0.4 is 0 Å². The molecule has 100 valence electrons. The van der Waals surface area contributed by atoms with Gasteiger partial charge in [0.05, 0.1) is 0 Å². The van der Waals surface area contributed by atoms with Crippen LogP contribution in [0.1, 0.15) is 0 Å². The Labute approximate surface area is 122 Å². The Morgan fingerprint density at radius 1 is 0.714 bits per heavy atom. The molecule has 4 aromatic rings. The summed E-state index contributed by atoms with van der Waals surface area (Å²) in [5.41, 5.74) is 5.13. The van der Waals surface area contributed by atoms with E-state index in [0.29, 0.717) is 0 Å². The van der Waals surface area contributed by atoms with Gasteiger partial charge in [0.25, 0.3) is 0 Å². The van der Waals surface area contributed by atoms with Gasteiger partial charge in [-0.15, -0.1) is 0 Å². The molecule has 0 saturated carbocycles. The van der Waals surface area contributed by atoms with Gasteiger partial charge in [0.1, 0.15) is 11.8 Å². The van der Waals surface area contributed by atoms with E-state index >= 15 is 0 Å². The number of para-hydroxylation sites is 1. The van der Waals surface area contributed by atoms with E-state index in [9.17, 15) is 0 Å². The summed E-state index contributed by atoms with van der Waals surface area (Å²) >= 11 is 0. The third-order valence-corrected chi connectivity index (χ3v) is 3.55. The average molecular weight is 271 g/mol. The number of nitrogens with zero attached hydrogens (tertiary/aromatic N) is 3. The summed E-state index contributed by atoms with van der Waals surface area (Å²) in [6.07, 6.45) is 3.67. The van der Waals surface area contributed by atoms with Crippen LogP contribution in [0, 0.1) is 0 Å². The van der Waals surface area contributed by atoms with Crippen molar-refractivity contribution in [1.82, 2.24) is 14.5 Å². The summed E-state index contributed by atoms with van der Waals surface area (Å²) in [6.45, 7) is 0. The topological polar surface area (TPSA) is 30.7 Å². The van der Waals surface area contributed by atoms with Gasteiger partial charge in [-0.1, -0.05) is 48.5 Å². The fourth-order valence-corrected chi connectivity index (χ4v) is 2.54. The Bertz CT molecular complexity index is 880. The van der Waals surface area contributed by atoms with Crippen molar-refractivity contribution in [2.45, 2.75) is 0 Å². The van der Waals surface area contributed by atoms with Gasteiger partial charge in [0.2, 0.25) is 0 Å². The predicted molar refractivity (Wildman–Crippen MR) is 84.3 cm³/mol. The minimum Gasteiger partial charge on any atom is -0.283 e. The maximum Gasteiger partial charge on any atom is 0.165 e. The summed E-state index contributed by atoms with van der Waals surface area (Å²) in [5.74, 6) is 0. The standard InChI is InChI=1S/C18H13N3/c1-3-7-14(8-4-1)16-11-12-19-18-17(16)20-13-21(18)15-9-5-2-6-10-15/h1-13H. The first-order chi connectivity index (χ1) is 10.4. The lowest BCUT2D eigenvalue weighted by Gasteiger charge is -2.05. The monoisotopic (exact) mass is 271 g/mol. The zero-order chi connectivity index (χ0) is 14.1. The second-order valence-electron chi connectivity index (χ2n) is 4.85. The minimum absolute atomic E-state index is 0.877. The van der Waals surface area contributed by atoms with Crippen LogP contribution >= 0.6 is 0 Å². The van der Waals surface area contributed by atoms with Crippen LogP contribution in [0.5, 0.6) is 0 Å². The fourth-order valence-electron chi connectivity index (χ4n) is 2.54. The number of hydrogen-bond donors (Lipinski definition) is 0. The summed E-state index contributed by atoms with van der Waals surface area (Å²) in [7, 11) is 0. The number of aromatic nitrogens is 3. The van der Waals surface area contributed by atoms with Crippen molar-refractivity contribution >= 4 is 11.2 Å². The van der Waals surface area contributed by atoms with Crippen molar-refractivity contribution in [3.05, 3.63) is 79.3 Å². The molecule has 3 heteroatoms. The molecule has 3 nitrogen and oxygen atoms in total. The van der Waals surface area contributed by atoms with Gasteiger partial charge in [-0.2, -0.15) is 0 Å². The molecule has 0 spiro atoms. The minimum atomic E-state index is 0.877. The molecule has 0 aliphatic carbocycles. The van der Waals surface area contributed by atoms with Crippen LogP contribution in [-0.4, -0.2) is 14.5 Å². The SMILES string of the molecule is c1ccc(-c2ccnc3c2ncn3-c2ccccc2)cc1. The average Bonchev–Trinajstić information content (AvgIpc) is 3.00. The van der Waals surface area contributed by atoms with Crippen molar-refractivity contribution in [3.8, 4) is 16.8 Å². The van der Waals surface area contributed by atoms with Gasteiger partial charge >= 0.3 is 0 Å². The van der Waals surface area contributed by atoms with Crippen LogP contribution in [0.15, 0.2) is 79.3 Å². The smallest absolute Gasteiger partial charge is 0.165 e. The van der Waals surface area contributed by atoms with Crippen LogP contribution in [0.2, 0.25) is 0 Å². The molecular weight excluding hydrogens is 258 g/mol. The summed E-state index contributed by atoms with van der Waals surface area (Å²) < 4.78 is 2.02. The predicted octanol–water partition coefficient (Wildman–Crippen LogP) is 4.09. The van der Waals surface area contributed by atoms with Crippen LogP contribution in [-0.2, 0) is 0 Å². The van der Waals surface area contributed by atoms with E-state index < -0.39 is 0 Å². The molecule has 2 aromatic carbocycles. The molecule has 0 aliphatic heterocycles. The van der Waals surface area contributed by atoms with Gasteiger partial charge in [0, 0.05) is 17.4 Å². The lowest BCUT2D eigenvalue weighted by atomic mass is 10.1. The van der Waals surface area contributed by atoms with E-state index in [0.717, 1.165) is 28.0 Å². The van der Waals surface area contributed by atoms with Crippen LogP contribution in [0.4, 0.5) is 0 Å². The van der Waals surface area contributed by atoms with Crippen molar-refractivity contribution in [2.75, 3.05) is 0 Å². The Morgan fingerprint density at radius 3 is 2.19 bits per heavy atom. The van der Waals surface area contributed by atoms with E-state index in [1.54, 1.807) is 0 Å². The summed E-state index contributed by atoms with van der Waals surface area (Å²) in [6, 6.07) is 22.4. The molecule has 2 heterocycles. The maximum absolute atomic E-state index is 4.57. The molecule has 0 fully saturated rings. The Morgan fingerprint density at radius 2 is 1.43 bits per heavy atom. The number of benzene rings is 2. The number of rotatable bonds is 2. The highest BCUT2D eigenvalue weighted by Gasteiger charge is 2.10. The third-order valence-electron chi connectivity index (χ3n) is 3.55. The second-order valence-corrected chi connectivity index (χ2v) is 4.85. The Hall–Kier alpha value is -2.94. The Balaban J connectivity index is 1.96. The Kier molecular flexibility index (Phi) is 2.75. The van der Waals surface area contributed by atoms with Gasteiger partial charge in [-0.05, 0) is 23.8 Å². The first-order valence-corrected chi connectivity index (χ1v) is 6.86. The second kappa shape index (κ2) is 4.87. The van der Waals surface area contributed by atoms with Gasteiger partial charge in [-0.25, -0.2) is 9.97 Å². The molecule has 0 radical (unpaired) electrons. The highest BCUT2D eigenvalue weighted by Crippen LogP contribution is 2.27.